The molecule has 5 nitrogen and oxygen atoms in total. The molecule has 0 saturated carbocycles. The molecule has 0 unspecified atom stereocenters. The predicted molar refractivity (Wildman–Crippen MR) is 67.4 cm³/mol. The average molecular weight is 305 g/mol. The third-order valence-corrected chi connectivity index (χ3v) is 3.55. The summed E-state index contributed by atoms with van der Waals surface area (Å²) >= 11 is 0. The number of alkyl halides is 4. The molecule has 1 aromatic heterocycles. The standard InChI is InChI=1S/C12H15F4N5/c1-18-9-4-19-21(5-9)11(2-3-17)6-20(7-11)8-12(15,16)10(13)14/h4-5,10,18H,2,6-8H2,1H3. The molecule has 116 valence electrons. The average Bonchev–Trinajstić information content (AvgIpc) is 2.84. The molecule has 1 saturated heterocycles. The van der Waals surface area contributed by atoms with Crippen LogP contribution in [0, 0.1) is 11.3 Å². The first-order valence-electron chi connectivity index (χ1n) is 6.31. The maximum absolute atomic E-state index is 13.0. The molecule has 0 spiro atoms. The van der Waals surface area contributed by atoms with E-state index in [0.717, 1.165) is 5.69 Å². The molecular formula is C12H15F4N5. The van der Waals surface area contributed by atoms with E-state index < -0.39 is 24.4 Å². The second kappa shape index (κ2) is 5.52. The van der Waals surface area contributed by atoms with Gasteiger partial charge in [0.2, 0.25) is 0 Å². The van der Waals surface area contributed by atoms with Gasteiger partial charge in [-0.05, 0) is 0 Å². The first-order valence-corrected chi connectivity index (χ1v) is 6.31. The van der Waals surface area contributed by atoms with Crippen LogP contribution in [0.3, 0.4) is 0 Å². The molecule has 2 rings (SSSR count). The van der Waals surface area contributed by atoms with Gasteiger partial charge in [-0.2, -0.15) is 19.1 Å². The lowest BCUT2D eigenvalue weighted by Crippen LogP contribution is -2.65. The number of likely N-dealkylation sites (tertiary alicyclic amines) is 1. The van der Waals surface area contributed by atoms with E-state index in [1.54, 1.807) is 24.1 Å². The highest BCUT2D eigenvalue weighted by atomic mass is 19.3. The van der Waals surface area contributed by atoms with Crippen LogP contribution in [0.4, 0.5) is 23.2 Å². The Morgan fingerprint density at radius 2 is 2.19 bits per heavy atom. The summed E-state index contributed by atoms with van der Waals surface area (Å²) in [6.07, 6.45) is -0.395. The number of nitrogens with zero attached hydrogens (tertiary/aromatic N) is 4. The zero-order chi connectivity index (χ0) is 15.7. The fourth-order valence-electron chi connectivity index (χ4n) is 2.46. The molecule has 2 heterocycles. The van der Waals surface area contributed by atoms with Crippen LogP contribution in [-0.2, 0) is 5.54 Å². The molecule has 0 amide bonds. The molecule has 0 bridgehead atoms. The second-order valence-corrected chi connectivity index (χ2v) is 5.19. The third kappa shape index (κ3) is 2.95. The lowest BCUT2D eigenvalue weighted by atomic mass is 9.86. The molecule has 1 fully saturated rings. The molecule has 1 aliphatic heterocycles. The van der Waals surface area contributed by atoms with Crippen LogP contribution in [0.5, 0.6) is 0 Å². The third-order valence-electron chi connectivity index (χ3n) is 3.55. The quantitative estimate of drug-likeness (QED) is 0.814. The Morgan fingerprint density at radius 3 is 2.67 bits per heavy atom. The Labute approximate surface area is 119 Å². The maximum Gasteiger partial charge on any atom is 0.319 e. The molecule has 0 aromatic carbocycles. The van der Waals surface area contributed by atoms with E-state index >= 15 is 0 Å². The van der Waals surface area contributed by atoms with Crippen LogP contribution < -0.4 is 5.32 Å². The lowest BCUT2D eigenvalue weighted by molar-refractivity contribution is -0.161. The van der Waals surface area contributed by atoms with Crippen molar-refractivity contribution in [3.05, 3.63) is 12.4 Å². The smallest absolute Gasteiger partial charge is 0.319 e. The molecule has 1 aromatic rings. The van der Waals surface area contributed by atoms with E-state index in [1.165, 1.54) is 4.90 Å². The Kier molecular flexibility index (Phi) is 4.09. The van der Waals surface area contributed by atoms with Crippen molar-refractivity contribution in [2.24, 2.45) is 0 Å². The summed E-state index contributed by atoms with van der Waals surface area (Å²) in [7, 11) is 1.70. The minimum atomic E-state index is -4.04. The molecule has 9 heteroatoms. The number of nitriles is 1. The number of rotatable bonds is 6. The monoisotopic (exact) mass is 305 g/mol. The van der Waals surface area contributed by atoms with Crippen molar-refractivity contribution in [1.29, 1.82) is 5.26 Å². The Bertz CT molecular complexity index is 530. The summed E-state index contributed by atoms with van der Waals surface area (Å²) in [5.41, 5.74) is -0.00845. The fraction of sp³-hybridized carbons (Fsp3) is 0.667. The van der Waals surface area contributed by atoms with E-state index in [4.69, 9.17) is 5.26 Å². The topological polar surface area (TPSA) is 56.9 Å². The van der Waals surface area contributed by atoms with Gasteiger partial charge in [-0.3, -0.25) is 9.58 Å². The molecule has 1 N–H and O–H groups in total. The van der Waals surface area contributed by atoms with Gasteiger partial charge in [-0.15, -0.1) is 0 Å². The number of halogens is 4. The zero-order valence-corrected chi connectivity index (χ0v) is 11.4. The first-order chi connectivity index (χ1) is 9.83. The van der Waals surface area contributed by atoms with Gasteiger partial charge in [0.15, 0.2) is 0 Å². The summed E-state index contributed by atoms with van der Waals surface area (Å²) in [5, 5.41) is 15.9. The Hall–Kier alpha value is -1.82. The van der Waals surface area contributed by atoms with Gasteiger partial charge in [0.1, 0.15) is 5.54 Å². The fourth-order valence-corrected chi connectivity index (χ4v) is 2.46. The van der Waals surface area contributed by atoms with Crippen LogP contribution in [-0.4, -0.2) is 53.7 Å². The van der Waals surface area contributed by atoms with Crippen LogP contribution in [0.1, 0.15) is 6.42 Å². The Balaban J connectivity index is 2.06. The van der Waals surface area contributed by atoms with Crippen molar-refractivity contribution in [2.45, 2.75) is 24.3 Å². The van der Waals surface area contributed by atoms with Gasteiger partial charge in [-0.1, -0.05) is 0 Å². The molecule has 21 heavy (non-hydrogen) atoms. The Morgan fingerprint density at radius 1 is 1.52 bits per heavy atom. The summed E-state index contributed by atoms with van der Waals surface area (Å²) in [6, 6.07) is 2.00. The maximum atomic E-state index is 13.0. The minimum Gasteiger partial charge on any atom is -0.386 e. The van der Waals surface area contributed by atoms with Crippen LogP contribution >= 0.6 is 0 Å². The van der Waals surface area contributed by atoms with Crippen molar-refractivity contribution in [2.75, 3.05) is 32.0 Å². The molecule has 0 atom stereocenters. The first kappa shape index (κ1) is 15.6. The number of aromatic nitrogens is 2. The molecule has 1 aliphatic rings. The van der Waals surface area contributed by atoms with Crippen LogP contribution in [0.2, 0.25) is 0 Å². The van der Waals surface area contributed by atoms with Gasteiger partial charge in [-0.25, -0.2) is 8.78 Å². The van der Waals surface area contributed by atoms with Crippen molar-refractivity contribution in [1.82, 2.24) is 14.7 Å². The highest BCUT2D eigenvalue weighted by Gasteiger charge is 2.51. The van der Waals surface area contributed by atoms with Gasteiger partial charge < -0.3 is 5.32 Å². The summed E-state index contributed by atoms with van der Waals surface area (Å²) in [6.45, 7) is -0.834. The normalized spacial score (nSPS) is 18.3. The van der Waals surface area contributed by atoms with Gasteiger partial charge >= 0.3 is 12.3 Å². The predicted octanol–water partition coefficient (Wildman–Crippen LogP) is 1.75. The van der Waals surface area contributed by atoms with E-state index in [-0.39, 0.29) is 19.5 Å². The van der Waals surface area contributed by atoms with Crippen LogP contribution in [0.15, 0.2) is 12.4 Å². The van der Waals surface area contributed by atoms with E-state index in [1.807, 2.05) is 6.07 Å². The van der Waals surface area contributed by atoms with E-state index in [9.17, 15) is 17.6 Å². The van der Waals surface area contributed by atoms with E-state index in [0.29, 0.717) is 0 Å². The van der Waals surface area contributed by atoms with Gasteiger partial charge in [0.05, 0.1) is 30.9 Å². The minimum absolute atomic E-state index is 0.0780. The molecule has 0 radical (unpaired) electrons. The number of hydrogen-bond donors (Lipinski definition) is 1. The summed E-state index contributed by atoms with van der Waals surface area (Å²) < 4.78 is 52.0. The largest absolute Gasteiger partial charge is 0.386 e. The zero-order valence-electron chi connectivity index (χ0n) is 11.4. The van der Waals surface area contributed by atoms with Gasteiger partial charge in [0.25, 0.3) is 0 Å². The lowest BCUT2D eigenvalue weighted by Gasteiger charge is -2.49. The molecule has 0 aliphatic carbocycles. The van der Waals surface area contributed by atoms with Gasteiger partial charge in [0, 0.05) is 26.3 Å². The number of anilines is 1. The number of nitrogens with one attached hydrogen (secondary N) is 1. The molecular weight excluding hydrogens is 290 g/mol. The highest BCUT2D eigenvalue weighted by molar-refractivity contribution is 5.37. The van der Waals surface area contributed by atoms with Crippen molar-refractivity contribution < 1.29 is 17.6 Å². The van der Waals surface area contributed by atoms with Crippen LogP contribution in [0.25, 0.3) is 0 Å². The highest BCUT2D eigenvalue weighted by Crippen LogP contribution is 2.35. The SMILES string of the molecule is CNc1cnn(C2(CC#N)CN(CC(F)(F)C(F)F)C2)c1. The number of hydrogen-bond acceptors (Lipinski definition) is 4. The van der Waals surface area contributed by atoms with Crippen molar-refractivity contribution in [3.63, 3.8) is 0 Å². The van der Waals surface area contributed by atoms with Crippen molar-refractivity contribution in [3.8, 4) is 6.07 Å². The second-order valence-electron chi connectivity index (χ2n) is 5.19. The summed E-state index contributed by atoms with van der Waals surface area (Å²) in [4.78, 5) is 1.21. The summed E-state index contributed by atoms with van der Waals surface area (Å²) in [5.74, 6) is -4.04. The van der Waals surface area contributed by atoms with Crippen molar-refractivity contribution >= 4 is 5.69 Å². The van der Waals surface area contributed by atoms with E-state index in [2.05, 4.69) is 10.4 Å².